The summed E-state index contributed by atoms with van der Waals surface area (Å²) in [5.74, 6) is 1.70. The lowest BCUT2D eigenvalue weighted by Gasteiger charge is -2.19. The second-order valence-electron chi connectivity index (χ2n) is 7.00. The van der Waals surface area contributed by atoms with Gasteiger partial charge in [-0.2, -0.15) is 4.98 Å². The zero-order chi connectivity index (χ0) is 22.0. The van der Waals surface area contributed by atoms with Gasteiger partial charge in [-0.25, -0.2) is 8.42 Å². The number of ether oxygens (including phenoxy) is 2. The summed E-state index contributed by atoms with van der Waals surface area (Å²) in [7, 11) is -3.86. The molecule has 0 amide bonds. The van der Waals surface area contributed by atoms with Crippen LogP contribution in [-0.2, 0) is 16.4 Å². The average Bonchev–Trinajstić information content (AvgIpc) is 3.29. The number of anilines is 1. The smallest absolute Gasteiger partial charge is 0.262 e. The molecule has 0 unspecified atom stereocenters. The van der Waals surface area contributed by atoms with Gasteiger partial charge in [-0.1, -0.05) is 23.4 Å². The van der Waals surface area contributed by atoms with Crippen LogP contribution in [0.25, 0.3) is 11.4 Å². The van der Waals surface area contributed by atoms with Gasteiger partial charge < -0.3 is 14.0 Å². The fraction of sp³-hybridized carbons (Fsp3) is 0.136. The lowest BCUT2D eigenvalue weighted by molar-refractivity contribution is 0.171. The zero-order valence-corrected chi connectivity index (χ0v) is 17.6. The molecule has 0 spiro atoms. The third kappa shape index (κ3) is 4.12. The van der Waals surface area contributed by atoms with Crippen LogP contribution in [0.4, 0.5) is 5.69 Å². The Bertz CT molecular complexity index is 1360. The number of pyridine rings is 1. The first-order valence-corrected chi connectivity index (χ1v) is 11.3. The number of nitrogens with zero attached hydrogens (tertiary/aromatic N) is 3. The molecule has 0 radical (unpaired) electrons. The van der Waals surface area contributed by atoms with E-state index < -0.39 is 10.0 Å². The van der Waals surface area contributed by atoms with Gasteiger partial charge in [0, 0.05) is 24.0 Å². The van der Waals surface area contributed by atoms with E-state index in [-0.39, 0.29) is 11.3 Å². The molecule has 1 N–H and O–H groups in total. The number of aromatic nitrogens is 3. The fourth-order valence-corrected chi connectivity index (χ4v) is 4.39. The molecule has 0 saturated carbocycles. The maximum Gasteiger partial charge on any atom is 0.262 e. The number of para-hydroxylation sites is 1. The summed E-state index contributed by atoms with van der Waals surface area (Å²) in [6.07, 6.45) is 3.56. The SMILES string of the molecule is O=S(=O)(Nc1ccccc1Cc1nc(-c2cccnc2)no1)c1ccc2c(c1)OCCO2. The number of sulfonamides is 1. The third-order valence-corrected chi connectivity index (χ3v) is 6.18. The molecule has 5 rings (SSSR count). The van der Waals surface area contributed by atoms with E-state index in [0.29, 0.717) is 47.7 Å². The van der Waals surface area contributed by atoms with Crippen LogP contribution in [0, 0.1) is 0 Å². The maximum absolute atomic E-state index is 13.0. The van der Waals surface area contributed by atoms with Crippen molar-refractivity contribution in [3.05, 3.63) is 78.4 Å². The van der Waals surface area contributed by atoms with E-state index in [1.807, 2.05) is 12.1 Å². The Balaban J connectivity index is 1.39. The first-order chi connectivity index (χ1) is 15.6. The number of fused-ring (bicyclic) bond motifs is 1. The van der Waals surface area contributed by atoms with Crippen molar-refractivity contribution < 1.29 is 22.4 Å². The summed E-state index contributed by atoms with van der Waals surface area (Å²) in [6.45, 7) is 0.806. The minimum atomic E-state index is -3.86. The van der Waals surface area contributed by atoms with Gasteiger partial charge in [0.15, 0.2) is 11.5 Å². The molecule has 1 aliphatic heterocycles. The molecule has 0 saturated heterocycles. The second kappa shape index (κ2) is 8.31. The summed E-state index contributed by atoms with van der Waals surface area (Å²) in [5, 5.41) is 3.98. The van der Waals surface area contributed by atoms with Crippen molar-refractivity contribution in [2.45, 2.75) is 11.3 Å². The van der Waals surface area contributed by atoms with Crippen molar-refractivity contribution >= 4 is 15.7 Å². The Morgan fingerprint density at radius 1 is 0.969 bits per heavy atom. The zero-order valence-electron chi connectivity index (χ0n) is 16.8. The third-order valence-electron chi connectivity index (χ3n) is 4.82. The van der Waals surface area contributed by atoms with Crippen LogP contribution in [0.15, 0.2) is 76.4 Å². The summed E-state index contributed by atoms with van der Waals surface area (Å²) in [5.41, 5.74) is 1.84. The van der Waals surface area contributed by atoms with Gasteiger partial charge in [0.1, 0.15) is 13.2 Å². The molecule has 1 aliphatic rings. The first-order valence-electron chi connectivity index (χ1n) is 9.82. The number of rotatable bonds is 6. The van der Waals surface area contributed by atoms with Gasteiger partial charge in [0.25, 0.3) is 10.0 Å². The van der Waals surface area contributed by atoms with Crippen LogP contribution in [0.1, 0.15) is 11.5 Å². The molecule has 32 heavy (non-hydrogen) atoms. The minimum Gasteiger partial charge on any atom is -0.486 e. The molecule has 2 aromatic carbocycles. The van der Waals surface area contributed by atoms with Crippen LogP contribution < -0.4 is 14.2 Å². The van der Waals surface area contributed by atoms with Crippen LogP contribution in [0.2, 0.25) is 0 Å². The van der Waals surface area contributed by atoms with Crippen molar-refractivity contribution in [2.24, 2.45) is 0 Å². The van der Waals surface area contributed by atoms with Crippen molar-refractivity contribution in [3.63, 3.8) is 0 Å². The molecule has 0 atom stereocenters. The summed E-state index contributed by atoms with van der Waals surface area (Å²) >= 11 is 0. The highest BCUT2D eigenvalue weighted by molar-refractivity contribution is 7.92. The maximum atomic E-state index is 13.0. The van der Waals surface area contributed by atoms with Crippen LogP contribution in [0.5, 0.6) is 11.5 Å². The van der Waals surface area contributed by atoms with Crippen LogP contribution in [-0.4, -0.2) is 36.8 Å². The topological polar surface area (TPSA) is 116 Å². The molecule has 10 heteroatoms. The second-order valence-corrected chi connectivity index (χ2v) is 8.68. The summed E-state index contributed by atoms with van der Waals surface area (Å²) in [4.78, 5) is 8.52. The Morgan fingerprint density at radius 3 is 2.66 bits per heavy atom. The van der Waals surface area contributed by atoms with Gasteiger partial charge >= 0.3 is 0 Å². The molecule has 0 aliphatic carbocycles. The van der Waals surface area contributed by atoms with Gasteiger partial charge in [-0.05, 0) is 35.9 Å². The molecule has 162 valence electrons. The molecule has 2 aromatic heterocycles. The van der Waals surface area contributed by atoms with E-state index in [1.165, 1.54) is 12.1 Å². The van der Waals surface area contributed by atoms with Crippen molar-refractivity contribution in [1.82, 2.24) is 15.1 Å². The average molecular weight is 450 g/mol. The van der Waals surface area contributed by atoms with Gasteiger partial charge in [-0.3, -0.25) is 9.71 Å². The number of hydrogen-bond donors (Lipinski definition) is 1. The number of benzene rings is 2. The molecule has 4 aromatic rings. The Labute approximate surface area is 184 Å². The van der Waals surface area contributed by atoms with Crippen LogP contribution >= 0.6 is 0 Å². The number of nitrogens with one attached hydrogen (secondary N) is 1. The van der Waals surface area contributed by atoms with Crippen molar-refractivity contribution in [3.8, 4) is 22.9 Å². The molecule has 0 bridgehead atoms. The van der Waals surface area contributed by atoms with E-state index in [9.17, 15) is 8.42 Å². The molecular weight excluding hydrogens is 432 g/mol. The quantitative estimate of drug-likeness (QED) is 0.476. The minimum absolute atomic E-state index is 0.0770. The van der Waals surface area contributed by atoms with E-state index in [4.69, 9.17) is 14.0 Å². The van der Waals surface area contributed by atoms with Crippen molar-refractivity contribution in [2.75, 3.05) is 17.9 Å². The highest BCUT2D eigenvalue weighted by atomic mass is 32.2. The summed E-state index contributed by atoms with van der Waals surface area (Å²) < 4.78 is 45.0. The van der Waals surface area contributed by atoms with E-state index in [0.717, 1.165) is 5.56 Å². The van der Waals surface area contributed by atoms with E-state index >= 15 is 0 Å². The first kappa shape index (κ1) is 20.0. The lowest BCUT2D eigenvalue weighted by Crippen LogP contribution is -2.17. The summed E-state index contributed by atoms with van der Waals surface area (Å²) in [6, 6.07) is 15.2. The fourth-order valence-electron chi connectivity index (χ4n) is 3.27. The molecular formula is C22H18N4O5S. The predicted molar refractivity (Wildman–Crippen MR) is 115 cm³/mol. The Hall–Kier alpha value is -3.92. The van der Waals surface area contributed by atoms with Crippen molar-refractivity contribution in [1.29, 1.82) is 0 Å². The number of hydrogen-bond acceptors (Lipinski definition) is 8. The normalized spacial score (nSPS) is 13.0. The lowest BCUT2D eigenvalue weighted by atomic mass is 10.1. The largest absolute Gasteiger partial charge is 0.486 e. The Kier molecular flexibility index (Phi) is 5.20. The monoisotopic (exact) mass is 450 g/mol. The highest BCUT2D eigenvalue weighted by Crippen LogP contribution is 2.33. The molecule has 3 heterocycles. The van der Waals surface area contributed by atoms with Gasteiger partial charge in [-0.15, -0.1) is 0 Å². The predicted octanol–water partition coefficient (Wildman–Crippen LogP) is 3.29. The highest BCUT2D eigenvalue weighted by Gasteiger charge is 2.21. The standard InChI is InChI=1S/C22H18N4O5S/c27-32(28,17-7-8-19-20(13-17)30-11-10-29-19)26-18-6-2-1-4-15(18)12-21-24-22(25-31-21)16-5-3-9-23-14-16/h1-9,13-14,26H,10-12H2. The van der Waals surface area contributed by atoms with Crippen LogP contribution in [0.3, 0.4) is 0 Å². The molecule has 9 nitrogen and oxygen atoms in total. The van der Waals surface area contributed by atoms with Gasteiger partial charge in [0.05, 0.1) is 17.0 Å². The van der Waals surface area contributed by atoms with Gasteiger partial charge in [0.2, 0.25) is 11.7 Å². The van der Waals surface area contributed by atoms with E-state index in [2.05, 4.69) is 19.8 Å². The Morgan fingerprint density at radius 2 is 1.81 bits per heavy atom. The molecule has 0 fully saturated rings. The van der Waals surface area contributed by atoms with E-state index in [1.54, 1.807) is 42.7 Å².